The summed E-state index contributed by atoms with van der Waals surface area (Å²) in [6.07, 6.45) is 2.35. The predicted octanol–water partition coefficient (Wildman–Crippen LogP) is 3.16. The highest BCUT2D eigenvalue weighted by molar-refractivity contribution is 7.99. The highest BCUT2D eigenvalue weighted by Crippen LogP contribution is 2.30. The van der Waals surface area contributed by atoms with Gasteiger partial charge in [0, 0.05) is 36.7 Å². The fourth-order valence-corrected chi connectivity index (χ4v) is 3.62. The highest BCUT2D eigenvalue weighted by Gasteiger charge is 2.25. The number of benzene rings is 1. The Hall–Kier alpha value is -0.810. The van der Waals surface area contributed by atoms with E-state index in [2.05, 4.69) is 5.32 Å². The molecule has 2 fully saturated rings. The van der Waals surface area contributed by atoms with Gasteiger partial charge in [0.25, 0.3) is 0 Å². The molecule has 2 aliphatic rings. The van der Waals surface area contributed by atoms with Crippen molar-refractivity contribution in [3.8, 4) is 0 Å². The molecule has 20 heavy (non-hydrogen) atoms. The number of hydrogen-bond acceptors (Lipinski definition) is 3. The monoisotopic (exact) mass is 298 g/mol. The van der Waals surface area contributed by atoms with E-state index in [1.165, 1.54) is 25.0 Å². The van der Waals surface area contributed by atoms with E-state index in [1.807, 2.05) is 23.6 Å². The summed E-state index contributed by atoms with van der Waals surface area (Å²) in [5.74, 6) is 0.977. The van der Waals surface area contributed by atoms with E-state index in [1.54, 1.807) is 0 Å². The van der Waals surface area contributed by atoms with Gasteiger partial charge >= 0.3 is 0 Å². The highest BCUT2D eigenvalue weighted by atomic mass is 32.2. The van der Waals surface area contributed by atoms with Gasteiger partial charge in [-0.25, -0.2) is 8.78 Å². The minimum Gasteiger partial charge on any atom is -0.362 e. The second-order valence-corrected chi connectivity index (χ2v) is 6.83. The van der Waals surface area contributed by atoms with Crippen LogP contribution in [-0.2, 0) is 6.54 Å². The van der Waals surface area contributed by atoms with Crippen molar-refractivity contribution in [2.24, 2.45) is 0 Å². The number of thioether (sulfide) groups is 1. The van der Waals surface area contributed by atoms with Crippen LogP contribution in [-0.4, -0.2) is 30.1 Å². The largest absolute Gasteiger partial charge is 0.362 e. The molecule has 1 aliphatic heterocycles. The fraction of sp³-hybridized carbons (Fsp3) is 0.600. The smallest absolute Gasteiger partial charge is 0.149 e. The van der Waals surface area contributed by atoms with Gasteiger partial charge in [-0.15, -0.1) is 0 Å². The van der Waals surface area contributed by atoms with Gasteiger partial charge in [0.2, 0.25) is 0 Å². The molecule has 1 N–H and O–H groups in total. The maximum atomic E-state index is 14.3. The number of anilines is 1. The molecule has 1 aromatic rings. The summed E-state index contributed by atoms with van der Waals surface area (Å²) in [6.45, 7) is 3.27. The third kappa shape index (κ3) is 3.09. The van der Waals surface area contributed by atoms with Gasteiger partial charge in [0.1, 0.15) is 17.3 Å². The van der Waals surface area contributed by atoms with E-state index in [0.29, 0.717) is 24.7 Å². The first-order valence-electron chi connectivity index (χ1n) is 7.21. The van der Waals surface area contributed by atoms with Crippen LogP contribution in [0, 0.1) is 11.6 Å². The van der Waals surface area contributed by atoms with Crippen molar-refractivity contribution in [2.75, 3.05) is 23.0 Å². The second kappa shape index (κ2) is 5.90. The van der Waals surface area contributed by atoms with Crippen LogP contribution in [0.2, 0.25) is 0 Å². The van der Waals surface area contributed by atoms with E-state index < -0.39 is 11.6 Å². The summed E-state index contributed by atoms with van der Waals surface area (Å²) in [5.41, 5.74) is 0.836. The van der Waals surface area contributed by atoms with Crippen LogP contribution in [0.15, 0.2) is 12.1 Å². The molecule has 5 heteroatoms. The average molecular weight is 298 g/mol. The lowest BCUT2D eigenvalue weighted by atomic mass is 10.1. The van der Waals surface area contributed by atoms with Crippen LogP contribution < -0.4 is 10.2 Å². The summed E-state index contributed by atoms with van der Waals surface area (Å²) < 4.78 is 28.6. The molecule has 0 amide bonds. The summed E-state index contributed by atoms with van der Waals surface area (Å²) in [5, 5.41) is 3.28. The molecule has 1 atom stereocenters. The van der Waals surface area contributed by atoms with Gasteiger partial charge < -0.3 is 10.2 Å². The molecule has 0 spiro atoms. The SMILES string of the molecule is CC1CSCCN1c1c(F)cc(CNC2CC2)cc1F. The van der Waals surface area contributed by atoms with Crippen molar-refractivity contribution in [2.45, 2.75) is 38.4 Å². The third-order valence-corrected chi connectivity index (χ3v) is 5.09. The van der Waals surface area contributed by atoms with Crippen LogP contribution in [0.3, 0.4) is 0 Å². The van der Waals surface area contributed by atoms with Crippen molar-refractivity contribution in [1.29, 1.82) is 0 Å². The Balaban J connectivity index is 1.79. The number of rotatable bonds is 4. The van der Waals surface area contributed by atoms with Crippen LogP contribution in [0.25, 0.3) is 0 Å². The Morgan fingerprint density at radius 1 is 1.30 bits per heavy atom. The molecule has 0 aromatic heterocycles. The molecule has 1 saturated carbocycles. The van der Waals surface area contributed by atoms with Gasteiger partial charge in [0.05, 0.1) is 0 Å². The van der Waals surface area contributed by atoms with Crippen molar-refractivity contribution < 1.29 is 8.78 Å². The molecule has 1 heterocycles. The van der Waals surface area contributed by atoms with Crippen LogP contribution in [0.4, 0.5) is 14.5 Å². The molecule has 0 bridgehead atoms. The standard InChI is InChI=1S/C15H20F2N2S/c1-10-9-20-5-4-19(10)15-13(16)6-11(7-14(15)17)8-18-12-2-3-12/h6-7,10,12,18H,2-5,8-9H2,1H3. The van der Waals surface area contributed by atoms with Crippen molar-refractivity contribution in [3.63, 3.8) is 0 Å². The first kappa shape index (κ1) is 14.1. The molecule has 1 aromatic carbocycles. The third-order valence-electron chi connectivity index (χ3n) is 3.90. The minimum absolute atomic E-state index is 0.146. The zero-order valence-corrected chi connectivity index (χ0v) is 12.5. The van der Waals surface area contributed by atoms with Crippen molar-refractivity contribution >= 4 is 17.4 Å². The van der Waals surface area contributed by atoms with E-state index in [4.69, 9.17) is 0 Å². The van der Waals surface area contributed by atoms with Crippen LogP contribution in [0.5, 0.6) is 0 Å². The predicted molar refractivity (Wildman–Crippen MR) is 80.4 cm³/mol. The Labute approximate surface area is 122 Å². The normalized spacial score (nSPS) is 23.1. The van der Waals surface area contributed by atoms with Gasteiger partial charge in [-0.05, 0) is 37.5 Å². The van der Waals surface area contributed by atoms with Gasteiger partial charge in [-0.3, -0.25) is 0 Å². The Kier molecular flexibility index (Phi) is 4.17. The summed E-state index contributed by atoms with van der Waals surface area (Å²) in [4.78, 5) is 1.86. The van der Waals surface area contributed by atoms with Crippen molar-refractivity contribution in [3.05, 3.63) is 29.3 Å². The summed E-state index contributed by atoms with van der Waals surface area (Å²) >= 11 is 1.84. The lowest BCUT2D eigenvalue weighted by molar-refractivity contribution is 0.552. The molecule has 1 aliphatic carbocycles. The van der Waals surface area contributed by atoms with E-state index >= 15 is 0 Å². The molecular weight excluding hydrogens is 278 g/mol. The molecule has 110 valence electrons. The molecular formula is C15H20F2N2S. The van der Waals surface area contributed by atoms with Gasteiger partial charge in [-0.2, -0.15) is 11.8 Å². The quantitative estimate of drug-likeness (QED) is 0.919. The number of halogens is 2. The van der Waals surface area contributed by atoms with Crippen molar-refractivity contribution in [1.82, 2.24) is 5.32 Å². The maximum Gasteiger partial charge on any atom is 0.149 e. The fourth-order valence-electron chi connectivity index (χ4n) is 2.60. The topological polar surface area (TPSA) is 15.3 Å². The maximum absolute atomic E-state index is 14.3. The summed E-state index contributed by atoms with van der Waals surface area (Å²) in [6, 6.07) is 3.66. The zero-order valence-electron chi connectivity index (χ0n) is 11.7. The zero-order chi connectivity index (χ0) is 14.1. The van der Waals surface area contributed by atoms with E-state index in [0.717, 1.165) is 11.5 Å². The first-order valence-corrected chi connectivity index (χ1v) is 8.36. The summed E-state index contributed by atoms with van der Waals surface area (Å²) in [7, 11) is 0. The molecule has 2 nitrogen and oxygen atoms in total. The Morgan fingerprint density at radius 3 is 2.60 bits per heavy atom. The van der Waals surface area contributed by atoms with Crippen LogP contribution >= 0.6 is 11.8 Å². The van der Waals surface area contributed by atoms with Gasteiger partial charge in [-0.1, -0.05) is 0 Å². The van der Waals surface area contributed by atoms with Gasteiger partial charge in [0.15, 0.2) is 0 Å². The second-order valence-electron chi connectivity index (χ2n) is 5.68. The minimum atomic E-state index is -0.434. The lowest BCUT2D eigenvalue weighted by Crippen LogP contribution is -2.41. The Bertz CT molecular complexity index is 468. The van der Waals surface area contributed by atoms with E-state index in [-0.39, 0.29) is 11.7 Å². The average Bonchev–Trinajstić information content (AvgIpc) is 3.22. The molecule has 1 saturated heterocycles. The molecule has 0 radical (unpaired) electrons. The molecule has 3 rings (SSSR count). The molecule has 1 unspecified atom stereocenters. The number of nitrogens with zero attached hydrogens (tertiary/aromatic N) is 1. The number of nitrogens with one attached hydrogen (secondary N) is 1. The lowest BCUT2D eigenvalue weighted by Gasteiger charge is -2.35. The van der Waals surface area contributed by atoms with Crippen LogP contribution in [0.1, 0.15) is 25.3 Å². The number of hydrogen-bond donors (Lipinski definition) is 1. The van der Waals surface area contributed by atoms with E-state index in [9.17, 15) is 8.78 Å². The first-order chi connectivity index (χ1) is 9.65. The Morgan fingerprint density at radius 2 is 2.00 bits per heavy atom.